The first-order valence-corrected chi connectivity index (χ1v) is 5.91. The highest BCUT2D eigenvalue weighted by atomic mass is 79.9. The summed E-state index contributed by atoms with van der Waals surface area (Å²) in [6.07, 6.45) is -2.44. The van der Waals surface area contributed by atoms with Gasteiger partial charge in [0, 0.05) is 6.07 Å². The van der Waals surface area contributed by atoms with Crippen LogP contribution >= 0.6 is 15.9 Å². The Bertz CT molecular complexity index is 402. The highest BCUT2D eigenvalue weighted by Gasteiger charge is 2.31. The molecule has 1 saturated carbocycles. The molecule has 17 heavy (non-hydrogen) atoms. The van der Waals surface area contributed by atoms with Gasteiger partial charge in [-0.05, 0) is 46.8 Å². The number of hydrogen-bond donors (Lipinski definition) is 0. The minimum Gasteiger partial charge on any atom is -0.492 e. The van der Waals surface area contributed by atoms with E-state index in [0.29, 0.717) is 22.7 Å². The molecule has 0 unspecified atom stereocenters. The van der Waals surface area contributed by atoms with E-state index in [-0.39, 0.29) is 5.75 Å². The van der Waals surface area contributed by atoms with Crippen LogP contribution in [-0.2, 0) is 0 Å². The molecule has 0 aliphatic heterocycles. The molecule has 0 bridgehead atoms. The molecule has 1 aliphatic rings. The summed E-state index contributed by atoms with van der Waals surface area (Å²) in [5.41, 5.74) is 0. The van der Waals surface area contributed by atoms with E-state index in [4.69, 9.17) is 4.74 Å². The molecule has 0 atom stereocenters. The monoisotopic (exact) mass is 310 g/mol. The number of alkyl halides is 3. The predicted octanol–water partition coefficient (Wildman–Crippen LogP) is 4.14. The summed E-state index contributed by atoms with van der Waals surface area (Å²) >= 11 is 3.22. The van der Waals surface area contributed by atoms with Crippen LogP contribution in [0.25, 0.3) is 0 Å². The molecule has 0 amide bonds. The second-order valence-corrected chi connectivity index (χ2v) is 4.75. The van der Waals surface area contributed by atoms with E-state index in [9.17, 15) is 13.2 Å². The lowest BCUT2D eigenvalue weighted by Crippen LogP contribution is -2.17. The number of rotatable bonds is 4. The van der Waals surface area contributed by atoms with Crippen molar-refractivity contribution in [3.8, 4) is 11.5 Å². The fraction of sp³-hybridized carbons (Fsp3) is 0.455. The molecule has 2 rings (SSSR count). The van der Waals surface area contributed by atoms with Crippen LogP contribution in [0.4, 0.5) is 13.2 Å². The molecule has 0 spiro atoms. The third-order valence-electron chi connectivity index (χ3n) is 2.31. The van der Waals surface area contributed by atoms with Crippen LogP contribution in [0, 0.1) is 5.92 Å². The van der Waals surface area contributed by atoms with Gasteiger partial charge in [0.1, 0.15) is 11.5 Å². The van der Waals surface area contributed by atoms with Crippen molar-refractivity contribution in [3.05, 3.63) is 22.7 Å². The Balaban J connectivity index is 2.05. The lowest BCUT2D eigenvalue weighted by molar-refractivity contribution is -0.274. The lowest BCUT2D eigenvalue weighted by Gasteiger charge is -2.12. The minimum absolute atomic E-state index is 0.272. The second-order valence-electron chi connectivity index (χ2n) is 3.89. The molecule has 94 valence electrons. The van der Waals surface area contributed by atoms with Crippen molar-refractivity contribution in [2.45, 2.75) is 19.2 Å². The van der Waals surface area contributed by atoms with E-state index < -0.39 is 6.36 Å². The normalized spacial score (nSPS) is 15.8. The SMILES string of the molecule is FC(F)(F)Oc1ccc(Br)c(OCC2CC2)c1. The zero-order valence-corrected chi connectivity index (χ0v) is 10.3. The number of halogens is 4. The van der Waals surface area contributed by atoms with Gasteiger partial charge in [-0.25, -0.2) is 0 Å². The van der Waals surface area contributed by atoms with Gasteiger partial charge in [0.05, 0.1) is 11.1 Å². The van der Waals surface area contributed by atoms with Crippen molar-refractivity contribution in [2.75, 3.05) is 6.61 Å². The maximum absolute atomic E-state index is 12.0. The average molecular weight is 311 g/mol. The Kier molecular flexibility index (Phi) is 3.51. The van der Waals surface area contributed by atoms with Gasteiger partial charge in [0.2, 0.25) is 0 Å². The summed E-state index contributed by atoms with van der Waals surface area (Å²) in [6, 6.07) is 3.95. The van der Waals surface area contributed by atoms with Crippen LogP contribution in [0.3, 0.4) is 0 Å². The van der Waals surface area contributed by atoms with E-state index in [1.54, 1.807) is 0 Å². The van der Waals surface area contributed by atoms with E-state index in [1.807, 2.05) is 0 Å². The Morgan fingerprint density at radius 2 is 2.00 bits per heavy atom. The lowest BCUT2D eigenvalue weighted by atomic mass is 10.3. The molecule has 1 aromatic rings. The van der Waals surface area contributed by atoms with Crippen molar-refractivity contribution in [1.29, 1.82) is 0 Å². The number of benzene rings is 1. The van der Waals surface area contributed by atoms with Crippen LogP contribution in [0.2, 0.25) is 0 Å². The largest absolute Gasteiger partial charge is 0.573 e. The molecule has 0 saturated heterocycles. The van der Waals surface area contributed by atoms with E-state index in [1.165, 1.54) is 18.2 Å². The third-order valence-corrected chi connectivity index (χ3v) is 2.96. The van der Waals surface area contributed by atoms with Gasteiger partial charge in [-0.3, -0.25) is 0 Å². The molecule has 1 aromatic carbocycles. The van der Waals surface area contributed by atoms with E-state index in [2.05, 4.69) is 20.7 Å². The zero-order chi connectivity index (χ0) is 12.5. The van der Waals surface area contributed by atoms with Gasteiger partial charge in [-0.15, -0.1) is 13.2 Å². The topological polar surface area (TPSA) is 18.5 Å². The van der Waals surface area contributed by atoms with Crippen LogP contribution in [0.1, 0.15) is 12.8 Å². The number of hydrogen-bond acceptors (Lipinski definition) is 2. The summed E-state index contributed by atoms with van der Waals surface area (Å²) in [6.45, 7) is 0.536. The predicted molar refractivity (Wildman–Crippen MR) is 59.0 cm³/mol. The Hall–Kier alpha value is -0.910. The summed E-state index contributed by atoms with van der Waals surface area (Å²) in [4.78, 5) is 0. The van der Waals surface area contributed by atoms with Gasteiger partial charge < -0.3 is 9.47 Å². The minimum atomic E-state index is -4.68. The summed E-state index contributed by atoms with van der Waals surface area (Å²) in [5.74, 6) is 0.638. The van der Waals surface area contributed by atoms with Crippen molar-refractivity contribution in [2.24, 2.45) is 5.92 Å². The van der Waals surface area contributed by atoms with Crippen LogP contribution in [-0.4, -0.2) is 13.0 Å². The van der Waals surface area contributed by atoms with Gasteiger partial charge in [-0.1, -0.05) is 0 Å². The van der Waals surface area contributed by atoms with Crippen LogP contribution < -0.4 is 9.47 Å². The highest BCUT2D eigenvalue weighted by Crippen LogP contribution is 2.34. The summed E-state index contributed by atoms with van der Waals surface area (Å²) < 4.78 is 45.9. The highest BCUT2D eigenvalue weighted by molar-refractivity contribution is 9.10. The second kappa shape index (κ2) is 4.76. The van der Waals surface area contributed by atoms with Gasteiger partial charge in [0.15, 0.2) is 0 Å². The summed E-state index contributed by atoms with van der Waals surface area (Å²) in [7, 11) is 0. The van der Waals surface area contributed by atoms with Crippen molar-refractivity contribution in [1.82, 2.24) is 0 Å². The first-order chi connectivity index (χ1) is 7.94. The van der Waals surface area contributed by atoms with Crippen molar-refractivity contribution in [3.63, 3.8) is 0 Å². The molecule has 6 heteroatoms. The standard InChI is InChI=1S/C11H10BrF3O2/c12-9-4-3-8(17-11(13,14)15)5-10(9)16-6-7-1-2-7/h3-5,7H,1-2,6H2. The Morgan fingerprint density at radius 1 is 1.29 bits per heavy atom. The quantitative estimate of drug-likeness (QED) is 0.832. The molecule has 0 radical (unpaired) electrons. The molecule has 1 aliphatic carbocycles. The molecule has 2 nitrogen and oxygen atoms in total. The van der Waals surface area contributed by atoms with Crippen LogP contribution in [0.15, 0.2) is 22.7 Å². The fourth-order valence-electron chi connectivity index (χ4n) is 1.28. The van der Waals surface area contributed by atoms with E-state index in [0.717, 1.165) is 12.8 Å². The molecule has 0 N–H and O–H groups in total. The number of ether oxygens (including phenoxy) is 2. The molecular weight excluding hydrogens is 301 g/mol. The zero-order valence-electron chi connectivity index (χ0n) is 8.76. The van der Waals surface area contributed by atoms with Crippen LogP contribution in [0.5, 0.6) is 11.5 Å². The molecule has 0 heterocycles. The fourth-order valence-corrected chi connectivity index (χ4v) is 1.64. The first-order valence-electron chi connectivity index (χ1n) is 5.12. The van der Waals surface area contributed by atoms with Crippen molar-refractivity contribution < 1.29 is 22.6 Å². The molecule has 0 aromatic heterocycles. The summed E-state index contributed by atoms with van der Waals surface area (Å²) in [5, 5.41) is 0. The van der Waals surface area contributed by atoms with Gasteiger partial charge in [-0.2, -0.15) is 0 Å². The first kappa shape index (κ1) is 12.5. The van der Waals surface area contributed by atoms with Gasteiger partial charge in [0.25, 0.3) is 0 Å². The Morgan fingerprint density at radius 3 is 2.59 bits per heavy atom. The smallest absolute Gasteiger partial charge is 0.492 e. The molecular formula is C11H10BrF3O2. The third kappa shape index (κ3) is 4.11. The Labute approximate surface area is 105 Å². The molecule has 1 fully saturated rings. The van der Waals surface area contributed by atoms with Gasteiger partial charge >= 0.3 is 6.36 Å². The maximum atomic E-state index is 12.0. The maximum Gasteiger partial charge on any atom is 0.573 e. The van der Waals surface area contributed by atoms with Crippen molar-refractivity contribution >= 4 is 15.9 Å². The average Bonchev–Trinajstić information content (AvgIpc) is 3.00. The van der Waals surface area contributed by atoms with E-state index >= 15 is 0 Å².